The average Bonchev–Trinajstić information content (AvgIpc) is 2.35. The monoisotopic (exact) mass is 278 g/mol. The number of ether oxygens (including phenoxy) is 1. The summed E-state index contributed by atoms with van der Waals surface area (Å²) >= 11 is 0. The number of carbonyl (C=O) groups excluding carboxylic acids is 1. The molecule has 0 saturated carbocycles. The van der Waals surface area contributed by atoms with Gasteiger partial charge in [0, 0.05) is 26.3 Å². The smallest absolute Gasteiger partial charge is 0.239 e. The van der Waals surface area contributed by atoms with Gasteiger partial charge in [-0.05, 0) is 31.6 Å². The fourth-order valence-electron chi connectivity index (χ4n) is 2.30. The largest absolute Gasteiger partial charge is 0.381 e. The van der Waals surface area contributed by atoms with Crippen molar-refractivity contribution in [3.05, 3.63) is 0 Å². The maximum atomic E-state index is 12.3. The van der Waals surface area contributed by atoms with E-state index in [0.717, 1.165) is 39.1 Å². The predicted molar refractivity (Wildman–Crippen MR) is 75.9 cm³/mol. The highest BCUT2D eigenvalue weighted by Crippen LogP contribution is 2.19. The number of nitrogens with two attached hydrogens (primary N) is 1. The summed E-state index contributed by atoms with van der Waals surface area (Å²) < 4.78 is 5.30. The summed E-state index contributed by atoms with van der Waals surface area (Å²) in [7, 11) is 0. The van der Waals surface area contributed by atoms with Gasteiger partial charge < -0.3 is 15.4 Å². The highest BCUT2D eigenvalue weighted by atomic mass is 35.5. The Morgan fingerprint density at radius 3 is 2.39 bits per heavy atom. The van der Waals surface area contributed by atoms with Gasteiger partial charge in [0.05, 0.1) is 6.04 Å². The molecule has 5 heteroatoms. The topological polar surface area (TPSA) is 55.6 Å². The third-order valence-corrected chi connectivity index (χ3v) is 3.34. The van der Waals surface area contributed by atoms with Crippen LogP contribution in [0.25, 0.3) is 0 Å². The Labute approximate surface area is 117 Å². The molecule has 1 aliphatic rings. The van der Waals surface area contributed by atoms with E-state index in [1.807, 2.05) is 11.8 Å². The highest BCUT2D eigenvalue weighted by Gasteiger charge is 2.29. The van der Waals surface area contributed by atoms with Crippen molar-refractivity contribution in [1.82, 2.24) is 4.90 Å². The molecule has 1 rings (SSSR count). The van der Waals surface area contributed by atoms with Gasteiger partial charge in [-0.3, -0.25) is 4.79 Å². The van der Waals surface area contributed by atoms with E-state index in [2.05, 4.69) is 13.8 Å². The van der Waals surface area contributed by atoms with Gasteiger partial charge in [0.15, 0.2) is 0 Å². The van der Waals surface area contributed by atoms with Crippen LogP contribution >= 0.6 is 12.4 Å². The molecule has 1 fully saturated rings. The van der Waals surface area contributed by atoms with Crippen LogP contribution in [0.2, 0.25) is 0 Å². The molecule has 18 heavy (non-hydrogen) atoms. The highest BCUT2D eigenvalue weighted by molar-refractivity contribution is 5.85. The standard InChI is InChI=1S/C13H26N2O2.ClH/c1-4-15(9-10(2)3)13(16)12(14)11-5-7-17-8-6-11;/h10-12H,4-9,14H2,1-3H3;1H. The van der Waals surface area contributed by atoms with Crippen LogP contribution in [0.5, 0.6) is 0 Å². The minimum absolute atomic E-state index is 0. The maximum Gasteiger partial charge on any atom is 0.239 e. The SMILES string of the molecule is CCN(CC(C)C)C(=O)C(N)C1CCOCC1.Cl. The molecule has 0 aliphatic carbocycles. The zero-order valence-corrected chi connectivity index (χ0v) is 12.5. The Kier molecular flexibility index (Phi) is 8.57. The van der Waals surface area contributed by atoms with Crippen molar-refractivity contribution < 1.29 is 9.53 Å². The van der Waals surface area contributed by atoms with Crippen molar-refractivity contribution in [2.24, 2.45) is 17.6 Å². The van der Waals surface area contributed by atoms with Gasteiger partial charge >= 0.3 is 0 Å². The first-order chi connectivity index (χ1) is 8.06. The molecule has 108 valence electrons. The van der Waals surface area contributed by atoms with Crippen LogP contribution in [0, 0.1) is 11.8 Å². The van der Waals surface area contributed by atoms with Crippen molar-refractivity contribution in [3.63, 3.8) is 0 Å². The van der Waals surface area contributed by atoms with Crippen LogP contribution in [-0.4, -0.2) is 43.2 Å². The van der Waals surface area contributed by atoms with Crippen LogP contribution in [0.3, 0.4) is 0 Å². The fraction of sp³-hybridized carbons (Fsp3) is 0.923. The number of halogens is 1. The molecule has 1 saturated heterocycles. The molecule has 1 aliphatic heterocycles. The van der Waals surface area contributed by atoms with E-state index in [1.54, 1.807) is 0 Å². The molecule has 0 bridgehead atoms. The van der Waals surface area contributed by atoms with E-state index in [4.69, 9.17) is 10.5 Å². The third-order valence-electron chi connectivity index (χ3n) is 3.34. The quantitative estimate of drug-likeness (QED) is 0.832. The molecule has 0 aromatic rings. The lowest BCUT2D eigenvalue weighted by atomic mass is 9.91. The van der Waals surface area contributed by atoms with Crippen molar-refractivity contribution >= 4 is 18.3 Å². The first-order valence-electron chi connectivity index (χ1n) is 6.68. The molecule has 1 amide bonds. The Morgan fingerprint density at radius 2 is 1.94 bits per heavy atom. The number of hydrogen-bond acceptors (Lipinski definition) is 3. The zero-order valence-electron chi connectivity index (χ0n) is 11.7. The molecular weight excluding hydrogens is 252 g/mol. The molecule has 1 atom stereocenters. The van der Waals surface area contributed by atoms with Gasteiger partial charge in [0.25, 0.3) is 0 Å². The number of amides is 1. The summed E-state index contributed by atoms with van der Waals surface area (Å²) in [6.07, 6.45) is 1.82. The summed E-state index contributed by atoms with van der Waals surface area (Å²) in [6, 6.07) is -0.349. The summed E-state index contributed by atoms with van der Waals surface area (Å²) in [5.41, 5.74) is 6.10. The van der Waals surface area contributed by atoms with Crippen LogP contribution in [0.15, 0.2) is 0 Å². The second-order valence-corrected chi connectivity index (χ2v) is 5.25. The third kappa shape index (κ3) is 5.12. The van der Waals surface area contributed by atoms with Crippen LogP contribution in [0.4, 0.5) is 0 Å². The fourth-order valence-corrected chi connectivity index (χ4v) is 2.30. The van der Waals surface area contributed by atoms with E-state index in [1.165, 1.54) is 0 Å². The molecule has 0 aromatic carbocycles. The maximum absolute atomic E-state index is 12.3. The summed E-state index contributed by atoms with van der Waals surface area (Å²) in [4.78, 5) is 14.1. The van der Waals surface area contributed by atoms with E-state index in [-0.39, 0.29) is 30.3 Å². The second kappa shape index (κ2) is 8.73. The van der Waals surface area contributed by atoms with Gasteiger partial charge in [-0.1, -0.05) is 13.8 Å². The summed E-state index contributed by atoms with van der Waals surface area (Å²) in [5, 5.41) is 0. The minimum atomic E-state index is -0.349. The first kappa shape index (κ1) is 17.7. The van der Waals surface area contributed by atoms with Gasteiger partial charge in [0.2, 0.25) is 5.91 Å². The van der Waals surface area contributed by atoms with E-state index in [0.29, 0.717) is 5.92 Å². The molecule has 2 N–H and O–H groups in total. The molecule has 1 unspecified atom stereocenters. The lowest BCUT2D eigenvalue weighted by Crippen LogP contribution is -2.49. The van der Waals surface area contributed by atoms with Crippen LogP contribution in [0.1, 0.15) is 33.6 Å². The lowest BCUT2D eigenvalue weighted by molar-refractivity contribution is -0.135. The molecule has 0 spiro atoms. The minimum Gasteiger partial charge on any atom is -0.381 e. The van der Waals surface area contributed by atoms with Crippen molar-refractivity contribution in [2.75, 3.05) is 26.3 Å². The van der Waals surface area contributed by atoms with Gasteiger partial charge in [-0.25, -0.2) is 0 Å². The zero-order chi connectivity index (χ0) is 12.8. The number of likely N-dealkylation sites (N-methyl/N-ethyl adjacent to an activating group) is 1. The molecule has 0 aromatic heterocycles. The number of carbonyl (C=O) groups is 1. The van der Waals surface area contributed by atoms with E-state index in [9.17, 15) is 4.79 Å². The molecular formula is C13H27ClN2O2. The molecule has 0 radical (unpaired) electrons. The van der Waals surface area contributed by atoms with Crippen molar-refractivity contribution in [2.45, 2.75) is 39.7 Å². The van der Waals surface area contributed by atoms with Crippen LogP contribution in [-0.2, 0) is 9.53 Å². The summed E-state index contributed by atoms with van der Waals surface area (Å²) in [6.45, 7) is 9.27. The normalized spacial score (nSPS) is 18.3. The Bertz CT molecular complexity index is 243. The second-order valence-electron chi connectivity index (χ2n) is 5.25. The van der Waals surface area contributed by atoms with Gasteiger partial charge in [-0.2, -0.15) is 0 Å². The Balaban J connectivity index is 0.00000289. The van der Waals surface area contributed by atoms with Crippen LogP contribution < -0.4 is 5.73 Å². The summed E-state index contributed by atoms with van der Waals surface area (Å²) in [5.74, 6) is 0.881. The Hall–Kier alpha value is -0.320. The van der Waals surface area contributed by atoms with E-state index < -0.39 is 0 Å². The number of nitrogens with zero attached hydrogens (tertiary/aromatic N) is 1. The molecule has 1 heterocycles. The average molecular weight is 279 g/mol. The van der Waals surface area contributed by atoms with E-state index >= 15 is 0 Å². The van der Waals surface area contributed by atoms with Crippen molar-refractivity contribution in [1.29, 1.82) is 0 Å². The van der Waals surface area contributed by atoms with Gasteiger partial charge in [-0.15, -0.1) is 12.4 Å². The first-order valence-corrected chi connectivity index (χ1v) is 6.68. The Morgan fingerprint density at radius 1 is 1.39 bits per heavy atom. The lowest BCUT2D eigenvalue weighted by Gasteiger charge is -2.31. The van der Waals surface area contributed by atoms with Gasteiger partial charge in [0.1, 0.15) is 0 Å². The number of rotatable bonds is 5. The van der Waals surface area contributed by atoms with Crippen molar-refractivity contribution in [3.8, 4) is 0 Å². The number of hydrogen-bond donors (Lipinski definition) is 1. The predicted octanol–water partition coefficient (Wildman–Crippen LogP) is 1.67. The molecule has 4 nitrogen and oxygen atoms in total.